The molecular weight excluding hydrogens is 386 g/mol. The van der Waals surface area contributed by atoms with Crippen molar-refractivity contribution in [1.82, 2.24) is 14.6 Å². The Bertz CT molecular complexity index is 1150. The topological polar surface area (TPSA) is 47.3 Å². The van der Waals surface area contributed by atoms with Gasteiger partial charge in [0, 0.05) is 10.0 Å². The fraction of sp³-hybridized carbons (Fsp3) is 0.0556. The van der Waals surface area contributed by atoms with Crippen LogP contribution in [0.15, 0.2) is 57.8 Å². The highest BCUT2D eigenvalue weighted by molar-refractivity contribution is 9.10. The summed E-state index contributed by atoms with van der Waals surface area (Å²) in [4.78, 5) is 17.7. The van der Waals surface area contributed by atoms with Crippen molar-refractivity contribution in [2.45, 2.75) is 6.92 Å². The first-order chi connectivity index (χ1) is 11.6. The number of halogens is 1. The zero-order chi connectivity index (χ0) is 16.7. The molecule has 0 fully saturated rings. The number of rotatable bonds is 2. The average Bonchev–Trinajstić information content (AvgIpc) is 3.10. The number of hydrogen-bond acceptors (Lipinski definition) is 4. The van der Waals surface area contributed by atoms with Gasteiger partial charge in [0.25, 0.3) is 5.56 Å². The monoisotopic (exact) mass is 397 g/mol. The predicted octanol–water partition coefficient (Wildman–Crippen LogP) is 3.44. The normalized spacial score (nSPS) is 12.2. The first-order valence-electron chi connectivity index (χ1n) is 7.34. The number of aryl methyl sites for hydroxylation is 1. The third kappa shape index (κ3) is 2.79. The zero-order valence-electron chi connectivity index (χ0n) is 12.7. The maximum absolute atomic E-state index is 12.5. The summed E-state index contributed by atoms with van der Waals surface area (Å²) in [5.41, 5.74) is 2.89. The molecule has 0 aliphatic carbocycles. The summed E-state index contributed by atoms with van der Waals surface area (Å²) < 4.78 is 3.02. The second-order valence-corrected chi connectivity index (χ2v) is 7.39. The van der Waals surface area contributed by atoms with Crippen LogP contribution in [0.1, 0.15) is 11.1 Å². The number of thiazole rings is 1. The van der Waals surface area contributed by atoms with E-state index in [-0.39, 0.29) is 5.56 Å². The van der Waals surface area contributed by atoms with Crippen LogP contribution < -0.4 is 10.1 Å². The molecule has 0 unspecified atom stereocenters. The molecule has 0 atom stereocenters. The van der Waals surface area contributed by atoms with Crippen LogP contribution in [0.4, 0.5) is 0 Å². The molecule has 0 aliphatic heterocycles. The molecule has 0 radical (unpaired) electrons. The van der Waals surface area contributed by atoms with Gasteiger partial charge in [0.1, 0.15) is 0 Å². The highest BCUT2D eigenvalue weighted by Crippen LogP contribution is 2.17. The number of aromatic nitrogens is 3. The van der Waals surface area contributed by atoms with E-state index in [1.165, 1.54) is 15.9 Å². The van der Waals surface area contributed by atoms with Crippen molar-refractivity contribution in [2.75, 3.05) is 0 Å². The van der Waals surface area contributed by atoms with Crippen molar-refractivity contribution in [2.24, 2.45) is 0 Å². The van der Waals surface area contributed by atoms with Crippen LogP contribution in [-0.2, 0) is 0 Å². The molecule has 0 amide bonds. The van der Waals surface area contributed by atoms with Crippen molar-refractivity contribution in [3.8, 4) is 11.4 Å². The van der Waals surface area contributed by atoms with Gasteiger partial charge >= 0.3 is 0 Å². The van der Waals surface area contributed by atoms with Gasteiger partial charge in [-0.1, -0.05) is 63.2 Å². The SMILES string of the molecule is Cc1cccc(-c2nc3s/c(=C\c4ccc(Br)cc4)c(=O)n3n2)c1. The van der Waals surface area contributed by atoms with E-state index in [9.17, 15) is 4.79 Å². The third-order valence-corrected chi connectivity index (χ3v) is 5.11. The lowest BCUT2D eigenvalue weighted by molar-refractivity contribution is 0.936. The van der Waals surface area contributed by atoms with Gasteiger partial charge in [-0.15, -0.1) is 5.10 Å². The fourth-order valence-electron chi connectivity index (χ4n) is 2.45. The van der Waals surface area contributed by atoms with Crippen LogP contribution in [0.25, 0.3) is 22.4 Å². The molecule has 118 valence electrons. The lowest BCUT2D eigenvalue weighted by atomic mass is 10.1. The van der Waals surface area contributed by atoms with E-state index in [2.05, 4.69) is 26.0 Å². The Labute approximate surface area is 150 Å². The standard InChI is InChI=1S/C18H12BrN3OS/c1-11-3-2-4-13(9-11)16-20-18-22(21-16)17(23)15(24-18)10-12-5-7-14(19)8-6-12/h2-10H,1H3/b15-10-. The molecule has 4 rings (SSSR count). The second kappa shape index (κ2) is 5.96. The van der Waals surface area contributed by atoms with Crippen LogP contribution >= 0.6 is 27.3 Å². The summed E-state index contributed by atoms with van der Waals surface area (Å²) in [5, 5.41) is 4.38. The lowest BCUT2D eigenvalue weighted by Gasteiger charge is -1.95. The molecule has 2 aromatic heterocycles. The first kappa shape index (κ1) is 15.2. The Kier molecular flexibility index (Phi) is 3.78. The first-order valence-corrected chi connectivity index (χ1v) is 8.95. The van der Waals surface area contributed by atoms with Crippen LogP contribution in [0.3, 0.4) is 0 Å². The minimum Gasteiger partial charge on any atom is -0.266 e. The van der Waals surface area contributed by atoms with Crippen molar-refractivity contribution in [3.63, 3.8) is 0 Å². The maximum atomic E-state index is 12.5. The average molecular weight is 398 g/mol. The van der Waals surface area contributed by atoms with Crippen LogP contribution in [0, 0.1) is 6.92 Å². The minimum atomic E-state index is -0.135. The highest BCUT2D eigenvalue weighted by Gasteiger charge is 2.11. The van der Waals surface area contributed by atoms with Gasteiger partial charge in [0.05, 0.1) is 4.53 Å². The van der Waals surface area contributed by atoms with Crippen LogP contribution in [-0.4, -0.2) is 14.6 Å². The van der Waals surface area contributed by atoms with Crippen molar-refractivity contribution >= 4 is 38.3 Å². The number of fused-ring (bicyclic) bond motifs is 1. The van der Waals surface area contributed by atoms with Crippen molar-refractivity contribution in [3.05, 3.63) is 79.0 Å². The van der Waals surface area contributed by atoms with Gasteiger partial charge in [-0.05, 0) is 36.8 Å². The van der Waals surface area contributed by atoms with Gasteiger partial charge in [-0.2, -0.15) is 9.50 Å². The zero-order valence-corrected chi connectivity index (χ0v) is 15.1. The molecular formula is C18H12BrN3OS. The predicted molar refractivity (Wildman–Crippen MR) is 100 cm³/mol. The maximum Gasteiger partial charge on any atom is 0.291 e. The molecule has 6 heteroatoms. The Morgan fingerprint density at radius 1 is 1.17 bits per heavy atom. The summed E-state index contributed by atoms with van der Waals surface area (Å²) >= 11 is 4.76. The fourth-order valence-corrected chi connectivity index (χ4v) is 3.62. The van der Waals surface area contributed by atoms with E-state index in [4.69, 9.17) is 0 Å². The Balaban J connectivity index is 1.81. The molecule has 4 nitrogen and oxygen atoms in total. The van der Waals surface area contributed by atoms with Gasteiger partial charge in [0.2, 0.25) is 4.96 Å². The quantitative estimate of drug-likeness (QED) is 0.520. The molecule has 0 spiro atoms. The van der Waals surface area contributed by atoms with Crippen LogP contribution in [0.2, 0.25) is 0 Å². The largest absolute Gasteiger partial charge is 0.291 e. The number of nitrogens with zero attached hydrogens (tertiary/aromatic N) is 3. The molecule has 4 aromatic rings. The van der Waals surface area contributed by atoms with Gasteiger partial charge in [-0.3, -0.25) is 4.79 Å². The lowest BCUT2D eigenvalue weighted by Crippen LogP contribution is -2.23. The summed E-state index contributed by atoms with van der Waals surface area (Å²) in [6, 6.07) is 15.8. The van der Waals surface area contributed by atoms with E-state index >= 15 is 0 Å². The highest BCUT2D eigenvalue weighted by atomic mass is 79.9. The summed E-state index contributed by atoms with van der Waals surface area (Å²) in [5.74, 6) is 0.581. The van der Waals surface area contributed by atoms with Crippen molar-refractivity contribution < 1.29 is 0 Å². The Hall–Kier alpha value is -2.31. The second-order valence-electron chi connectivity index (χ2n) is 5.47. The van der Waals surface area contributed by atoms with E-state index in [1.807, 2.05) is 61.5 Å². The van der Waals surface area contributed by atoms with E-state index in [0.717, 1.165) is 21.2 Å². The molecule has 0 N–H and O–H groups in total. The van der Waals surface area contributed by atoms with Crippen molar-refractivity contribution in [1.29, 1.82) is 0 Å². The summed E-state index contributed by atoms with van der Waals surface area (Å²) in [6.45, 7) is 2.02. The van der Waals surface area contributed by atoms with E-state index in [0.29, 0.717) is 15.3 Å². The van der Waals surface area contributed by atoms with Gasteiger partial charge < -0.3 is 0 Å². The molecule has 2 aromatic carbocycles. The Morgan fingerprint density at radius 3 is 2.67 bits per heavy atom. The molecule has 0 saturated heterocycles. The summed E-state index contributed by atoms with van der Waals surface area (Å²) in [6.07, 6.45) is 1.86. The van der Waals surface area contributed by atoms with E-state index < -0.39 is 0 Å². The number of hydrogen-bond donors (Lipinski definition) is 0. The molecule has 0 saturated carbocycles. The van der Waals surface area contributed by atoms with Gasteiger partial charge in [0.15, 0.2) is 5.82 Å². The minimum absolute atomic E-state index is 0.135. The van der Waals surface area contributed by atoms with Crippen LogP contribution in [0.5, 0.6) is 0 Å². The molecule has 0 aliphatic rings. The van der Waals surface area contributed by atoms with E-state index in [1.54, 1.807) is 0 Å². The Morgan fingerprint density at radius 2 is 1.96 bits per heavy atom. The molecule has 2 heterocycles. The number of benzene rings is 2. The molecule has 0 bridgehead atoms. The molecule has 24 heavy (non-hydrogen) atoms. The smallest absolute Gasteiger partial charge is 0.266 e. The van der Waals surface area contributed by atoms with Gasteiger partial charge in [-0.25, -0.2) is 0 Å². The summed E-state index contributed by atoms with van der Waals surface area (Å²) in [7, 11) is 0. The third-order valence-electron chi connectivity index (χ3n) is 3.63.